The molecule has 2 amide bonds. The maximum Gasteiger partial charge on any atom is 0.419 e. The van der Waals surface area contributed by atoms with Crippen LogP contribution in [0.15, 0.2) is 23.9 Å². The van der Waals surface area contributed by atoms with Gasteiger partial charge in [0.1, 0.15) is 5.82 Å². The largest absolute Gasteiger partial charge is 0.419 e. The number of hydrogen-bond donors (Lipinski definition) is 1. The Morgan fingerprint density at radius 2 is 1.88 bits per heavy atom. The van der Waals surface area contributed by atoms with Crippen molar-refractivity contribution in [2.45, 2.75) is 19.0 Å². The van der Waals surface area contributed by atoms with Crippen molar-refractivity contribution < 1.29 is 31.5 Å². The van der Waals surface area contributed by atoms with Crippen molar-refractivity contribution in [3.05, 3.63) is 29.5 Å². The summed E-state index contributed by atoms with van der Waals surface area (Å²) in [7, 11) is 0. The van der Waals surface area contributed by atoms with Gasteiger partial charge in [0.05, 0.1) is 24.3 Å². The molecule has 0 spiro atoms. The van der Waals surface area contributed by atoms with Crippen LogP contribution in [0.4, 0.5) is 33.5 Å². The van der Waals surface area contributed by atoms with E-state index in [0.717, 1.165) is 17.0 Å². The minimum absolute atomic E-state index is 0.145. The van der Waals surface area contributed by atoms with E-state index in [9.17, 15) is 31.5 Å². The smallest absolute Gasteiger partial charge is 0.359 e. The molecule has 3 rings (SSSR count). The summed E-state index contributed by atoms with van der Waals surface area (Å²) in [6.45, 7) is -0.320. The molecule has 134 valence electrons. The van der Waals surface area contributed by atoms with Gasteiger partial charge in [-0.25, -0.2) is 13.8 Å². The Hall–Kier alpha value is -2.72. The summed E-state index contributed by atoms with van der Waals surface area (Å²) in [5.74, 6) is -4.70. The molecule has 0 aliphatic carbocycles. The quantitative estimate of drug-likeness (QED) is 0.660. The highest BCUT2D eigenvalue weighted by Gasteiger charge is 2.47. The topological polar surface area (TPSA) is 65.5 Å². The number of nitrogens with one attached hydrogen (secondary N) is 1. The van der Waals surface area contributed by atoms with Gasteiger partial charge in [-0.05, 0) is 6.92 Å². The fourth-order valence-corrected chi connectivity index (χ4v) is 2.48. The van der Waals surface area contributed by atoms with E-state index in [0.29, 0.717) is 11.2 Å². The number of rotatable bonds is 3. The van der Waals surface area contributed by atoms with E-state index < -0.39 is 48.3 Å². The Bertz CT molecular complexity index is 782. The van der Waals surface area contributed by atoms with Crippen molar-refractivity contribution in [2.24, 2.45) is 0 Å². The SMILES string of the molecule is CC1=CC(=O)N(Nc2cc(N3CC(F)(F)C3)c(C(F)(F)F)cn2)C1=O. The monoisotopic (exact) mass is 362 g/mol. The number of hydrogen-bond acceptors (Lipinski definition) is 5. The second-order valence-corrected chi connectivity index (χ2v) is 5.71. The zero-order chi connectivity index (χ0) is 18.6. The summed E-state index contributed by atoms with van der Waals surface area (Å²) < 4.78 is 65.3. The molecule has 25 heavy (non-hydrogen) atoms. The van der Waals surface area contributed by atoms with Crippen LogP contribution in [0.2, 0.25) is 0 Å². The minimum Gasteiger partial charge on any atom is -0.359 e. The predicted octanol–water partition coefficient (Wildman–Crippen LogP) is 2.20. The first-order valence-corrected chi connectivity index (χ1v) is 7.01. The van der Waals surface area contributed by atoms with Crippen LogP contribution in [0.5, 0.6) is 0 Å². The lowest BCUT2D eigenvalue weighted by molar-refractivity contribution is -0.138. The Morgan fingerprint density at radius 3 is 2.36 bits per heavy atom. The summed E-state index contributed by atoms with van der Waals surface area (Å²) >= 11 is 0. The summed E-state index contributed by atoms with van der Waals surface area (Å²) in [6, 6.07) is 0.881. The maximum atomic E-state index is 13.1. The molecule has 0 saturated carbocycles. The van der Waals surface area contributed by atoms with Gasteiger partial charge in [-0.3, -0.25) is 15.0 Å². The Kier molecular flexibility index (Phi) is 3.69. The number of carbonyl (C=O) groups is 2. The number of carbonyl (C=O) groups excluding carboxylic acids is 2. The van der Waals surface area contributed by atoms with E-state index in [1.165, 1.54) is 6.92 Å². The highest BCUT2D eigenvalue weighted by Crippen LogP contribution is 2.41. The van der Waals surface area contributed by atoms with Gasteiger partial charge >= 0.3 is 6.18 Å². The van der Waals surface area contributed by atoms with E-state index >= 15 is 0 Å². The summed E-state index contributed by atoms with van der Waals surface area (Å²) in [5.41, 5.74) is 0.770. The fraction of sp³-hybridized carbons (Fsp3) is 0.357. The molecule has 0 bridgehead atoms. The van der Waals surface area contributed by atoms with E-state index in [2.05, 4.69) is 10.4 Å². The summed E-state index contributed by atoms with van der Waals surface area (Å²) in [4.78, 5) is 27.8. The normalized spacial score (nSPS) is 19.8. The molecule has 0 atom stereocenters. The Morgan fingerprint density at radius 1 is 1.24 bits per heavy atom. The zero-order valence-corrected chi connectivity index (χ0v) is 12.7. The van der Waals surface area contributed by atoms with Gasteiger partial charge in [0.25, 0.3) is 17.7 Å². The maximum absolute atomic E-state index is 13.1. The number of halogens is 5. The second kappa shape index (κ2) is 5.39. The van der Waals surface area contributed by atoms with Crippen molar-refractivity contribution in [1.29, 1.82) is 0 Å². The van der Waals surface area contributed by atoms with Crippen LogP contribution in [0, 0.1) is 0 Å². The van der Waals surface area contributed by atoms with Crippen LogP contribution >= 0.6 is 0 Å². The molecule has 1 aromatic rings. The van der Waals surface area contributed by atoms with E-state index in [1.807, 2.05) is 0 Å². The lowest BCUT2D eigenvalue weighted by Gasteiger charge is -2.41. The molecule has 0 aromatic carbocycles. The first kappa shape index (κ1) is 17.1. The van der Waals surface area contributed by atoms with Gasteiger partial charge < -0.3 is 4.90 Å². The molecular formula is C14H11F5N4O2. The highest BCUT2D eigenvalue weighted by atomic mass is 19.4. The number of aromatic nitrogens is 1. The van der Waals surface area contributed by atoms with Crippen LogP contribution in [-0.2, 0) is 15.8 Å². The number of amides is 2. The molecule has 1 fully saturated rings. The third-order valence-electron chi connectivity index (χ3n) is 3.70. The summed E-state index contributed by atoms with van der Waals surface area (Å²) in [5, 5.41) is 0.583. The summed E-state index contributed by atoms with van der Waals surface area (Å²) in [6.07, 6.45) is -3.26. The first-order valence-electron chi connectivity index (χ1n) is 7.01. The molecule has 1 N–H and O–H groups in total. The average Bonchev–Trinajstić information content (AvgIpc) is 2.70. The van der Waals surface area contributed by atoms with Gasteiger partial charge in [0, 0.05) is 23.9 Å². The molecule has 11 heteroatoms. The Balaban J connectivity index is 1.90. The third-order valence-corrected chi connectivity index (χ3v) is 3.70. The first-order chi connectivity index (χ1) is 11.5. The van der Waals surface area contributed by atoms with Gasteiger partial charge in [0.15, 0.2) is 0 Å². The van der Waals surface area contributed by atoms with Crippen LogP contribution in [0.3, 0.4) is 0 Å². The molecule has 1 saturated heterocycles. The molecular weight excluding hydrogens is 351 g/mol. The number of anilines is 2. The number of pyridine rings is 1. The van der Waals surface area contributed by atoms with Gasteiger partial charge in [0.2, 0.25) is 0 Å². The van der Waals surface area contributed by atoms with E-state index in [4.69, 9.17) is 0 Å². The average molecular weight is 362 g/mol. The standard InChI is InChI=1S/C14H11F5N4O2/c1-7-2-11(24)23(12(7)25)21-10-3-9(22-5-13(15,16)6-22)8(4-20-10)14(17,18)19/h2-4H,5-6H2,1H3,(H,20,21). The fourth-order valence-electron chi connectivity index (χ4n) is 2.48. The van der Waals surface area contributed by atoms with E-state index in [1.54, 1.807) is 0 Å². The number of alkyl halides is 5. The van der Waals surface area contributed by atoms with Crippen molar-refractivity contribution in [3.63, 3.8) is 0 Å². The van der Waals surface area contributed by atoms with Crippen LogP contribution in [0.1, 0.15) is 12.5 Å². The van der Waals surface area contributed by atoms with Crippen LogP contribution < -0.4 is 10.3 Å². The Labute approximate surface area is 137 Å². The molecule has 3 heterocycles. The van der Waals surface area contributed by atoms with Crippen molar-refractivity contribution in [2.75, 3.05) is 23.4 Å². The van der Waals surface area contributed by atoms with Crippen LogP contribution in [-0.4, -0.2) is 40.8 Å². The van der Waals surface area contributed by atoms with Crippen LogP contribution in [0.25, 0.3) is 0 Å². The lowest BCUT2D eigenvalue weighted by Crippen LogP contribution is -2.56. The third kappa shape index (κ3) is 3.13. The number of nitrogens with zero attached hydrogens (tertiary/aromatic N) is 3. The molecule has 2 aliphatic rings. The predicted molar refractivity (Wildman–Crippen MR) is 75.6 cm³/mol. The molecule has 0 unspecified atom stereocenters. The van der Waals surface area contributed by atoms with Crippen molar-refractivity contribution in [1.82, 2.24) is 9.99 Å². The van der Waals surface area contributed by atoms with Gasteiger partial charge in [-0.15, -0.1) is 0 Å². The van der Waals surface area contributed by atoms with Gasteiger partial charge in [-0.1, -0.05) is 0 Å². The molecule has 2 aliphatic heterocycles. The molecule has 6 nitrogen and oxygen atoms in total. The zero-order valence-electron chi connectivity index (χ0n) is 12.7. The minimum atomic E-state index is -4.79. The molecule has 0 radical (unpaired) electrons. The second-order valence-electron chi connectivity index (χ2n) is 5.71. The lowest BCUT2D eigenvalue weighted by atomic mass is 10.1. The van der Waals surface area contributed by atoms with Crippen molar-refractivity contribution >= 4 is 23.3 Å². The van der Waals surface area contributed by atoms with Crippen molar-refractivity contribution in [3.8, 4) is 0 Å². The number of hydrazine groups is 1. The highest BCUT2D eigenvalue weighted by molar-refractivity contribution is 6.16. The van der Waals surface area contributed by atoms with E-state index in [-0.39, 0.29) is 11.4 Å². The van der Waals surface area contributed by atoms with Gasteiger partial charge in [-0.2, -0.15) is 18.2 Å². The number of imide groups is 1. The molecule has 1 aromatic heterocycles.